The summed E-state index contributed by atoms with van der Waals surface area (Å²) >= 11 is 6.08. The van der Waals surface area contributed by atoms with Crippen LogP contribution < -0.4 is 21.1 Å². The Hall–Kier alpha value is -1.79. The molecule has 6 nitrogen and oxygen atoms in total. The van der Waals surface area contributed by atoms with E-state index in [1.165, 1.54) is 6.07 Å². The van der Waals surface area contributed by atoms with E-state index in [0.29, 0.717) is 28.6 Å². The van der Waals surface area contributed by atoms with Gasteiger partial charge in [-0.1, -0.05) is 18.5 Å². The molecule has 1 aliphatic heterocycles. The average Bonchev–Trinajstić information content (AvgIpc) is 2.39. The van der Waals surface area contributed by atoms with Gasteiger partial charge in [0, 0.05) is 6.07 Å². The van der Waals surface area contributed by atoms with E-state index in [1.807, 2.05) is 6.92 Å². The summed E-state index contributed by atoms with van der Waals surface area (Å²) in [6, 6.07) is 3.10. The summed E-state index contributed by atoms with van der Waals surface area (Å²) < 4.78 is 5.27. The Morgan fingerprint density at radius 3 is 2.95 bits per heavy atom. The number of carbonyl (C=O) groups is 2. The van der Waals surface area contributed by atoms with Crippen molar-refractivity contribution >= 4 is 34.8 Å². The first-order valence-corrected chi connectivity index (χ1v) is 6.58. The first kappa shape index (κ1) is 14.6. The zero-order chi connectivity index (χ0) is 14.9. The molecule has 1 heterocycles. The maximum atomic E-state index is 12.0. The number of hydrogen-bond donors (Lipinski definition) is 3. The van der Waals surface area contributed by atoms with Crippen LogP contribution in [-0.2, 0) is 9.59 Å². The SMILES string of the molecule is CCC(C)(N)C(=O)Nc1cc2c(cc1Cl)NC(=O)CO2. The summed E-state index contributed by atoms with van der Waals surface area (Å²) in [6.07, 6.45) is 0.494. The van der Waals surface area contributed by atoms with Crippen LogP contribution >= 0.6 is 11.6 Å². The van der Waals surface area contributed by atoms with Crippen LogP contribution in [0, 0.1) is 0 Å². The molecule has 0 aromatic heterocycles. The second-order valence-electron chi connectivity index (χ2n) is 4.89. The van der Waals surface area contributed by atoms with E-state index in [-0.39, 0.29) is 18.4 Å². The van der Waals surface area contributed by atoms with Crippen molar-refractivity contribution in [1.82, 2.24) is 0 Å². The largest absolute Gasteiger partial charge is 0.482 e. The van der Waals surface area contributed by atoms with Gasteiger partial charge in [-0.2, -0.15) is 0 Å². The summed E-state index contributed by atoms with van der Waals surface area (Å²) in [5, 5.41) is 5.61. The van der Waals surface area contributed by atoms with Gasteiger partial charge in [0.25, 0.3) is 5.91 Å². The third-order valence-corrected chi connectivity index (χ3v) is 3.52. The molecule has 0 saturated carbocycles. The highest BCUT2D eigenvalue weighted by Gasteiger charge is 2.27. The smallest absolute Gasteiger partial charge is 0.262 e. The molecule has 1 aromatic rings. The van der Waals surface area contributed by atoms with Crippen molar-refractivity contribution in [2.75, 3.05) is 17.2 Å². The van der Waals surface area contributed by atoms with Gasteiger partial charge < -0.3 is 21.1 Å². The second-order valence-corrected chi connectivity index (χ2v) is 5.30. The number of benzene rings is 1. The number of rotatable bonds is 3. The molecule has 0 saturated heterocycles. The molecule has 0 fully saturated rings. The van der Waals surface area contributed by atoms with Crippen molar-refractivity contribution in [3.05, 3.63) is 17.2 Å². The maximum Gasteiger partial charge on any atom is 0.262 e. The van der Waals surface area contributed by atoms with Gasteiger partial charge in [0.15, 0.2) is 6.61 Å². The first-order chi connectivity index (χ1) is 9.33. The quantitative estimate of drug-likeness (QED) is 0.792. The van der Waals surface area contributed by atoms with Gasteiger partial charge in [0.05, 0.1) is 21.9 Å². The summed E-state index contributed by atoms with van der Waals surface area (Å²) in [7, 11) is 0. The van der Waals surface area contributed by atoms with Crippen molar-refractivity contribution in [3.8, 4) is 5.75 Å². The monoisotopic (exact) mass is 297 g/mol. The minimum atomic E-state index is -0.978. The van der Waals surface area contributed by atoms with E-state index in [1.54, 1.807) is 13.0 Å². The fraction of sp³-hybridized carbons (Fsp3) is 0.385. The molecular weight excluding hydrogens is 282 g/mol. The lowest BCUT2D eigenvalue weighted by Gasteiger charge is -2.23. The van der Waals surface area contributed by atoms with Gasteiger partial charge in [-0.05, 0) is 19.4 Å². The van der Waals surface area contributed by atoms with Crippen LogP contribution in [0.1, 0.15) is 20.3 Å². The highest BCUT2D eigenvalue weighted by atomic mass is 35.5. The molecule has 0 aliphatic carbocycles. The van der Waals surface area contributed by atoms with Crippen LogP contribution in [-0.4, -0.2) is 24.0 Å². The van der Waals surface area contributed by atoms with Crippen LogP contribution in [0.3, 0.4) is 0 Å². The average molecular weight is 298 g/mol. The lowest BCUT2D eigenvalue weighted by atomic mass is 9.99. The van der Waals surface area contributed by atoms with Gasteiger partial charge in [-0.15, -0.1) is 0 Å². The molecule has 4 N–H and O–H groups in total. The van der Waals surface area contributed by atoms with Crippen molar-refractivity contribution < 1.29 is 14.3 Å². The third-order valence-electron chi connectivity index (χ3n) is 3.20. The van der Waals surface area contributed by atoms with Gasteiger partial charge in [0.2, 0.25) is 5.91 Å². The molecule has 0 spiro atoms. The van der Waals surface area contributed by atoms with E-state index in [4.69, 9.17) is 22.1 Å². The van der Waals surface area contributed by atoms with Crippen molar-refractivity contribution in [2.24, 2.45) is 5.73 Å². The number of hydrogen-bond acceptors (Lipinski definition) is 4. The molecule has 1 aromatic carbocycles. The van der Waals surface area contributed by atoms with E-state index >= 15 is 0 Å². The fourth-order valence-corrected chi connectivity index (χ4v) is 1.83. The van der Waals surface area contributed by atoms with Crippen molar-refractivity contribution in [1.29, 1.82) is 0 Å². The summed E-state index contributed by atoms with van der Waals surface area (Å²) in [5.41, 5.74) is 5.77. The summed E-state index contributed by atoms with van der Waals surface area (Å²) in [4.78, 5) is 23.2. The number of nitrogens with two attached hydrogens (primary N) is 1. The third kappa shape index (κ3) is 2.86. The lowest BCUT2D eigenvalue weighted by molar-refractivity contribution is -0.121. The van der Waals surface area contributed by atoms with Crippen molar-refractivity contribution in [3.63, 3.8) is 0 Å². The fourth-order valence-electron chi connectivity index (χ4n) is 1.62. The summed E-state index contributed by atoms with van der Waals surface area (Å²) in [6.45, 7) is 3.41. The van der Waals surface area contributed by atoms with Crippen LogP contribution in [0.2, 0.25) is 5.02 Å². The minimum Gasteiger partial charge on any atom is -0.482 e. The Labute approximate surface area is 121 Å². The second kappa shape index (κ2) is 5.30. The molecule has 0 radical (unpaired) electrons. The summed E-state index contributed by atoms with van der Waals surface area (Å²) in [5.74, 6) is -0.118. The molecule has 20 heavy (non-hydrogen) atoms. The maximum absolute atomic E-state index is 12.0. The molecule has 7 heteroatoms. The molecule has 1 aliphatic rings. The molecule has 1 atom stereocenters. The Kier molecular flexibility index (Phi) is 3.87. The zero-order valence-electron chi connectivity index (χ0n) is 11.2. The highest BCUT2D eigenvalue weighted by Crippen LogP contribution is 2.36. The van der Waals surface area contributed by atoms with Crippen LogP contribution in [0.15, 0.2) is 12.1 Å². The topological polar surface area (TPSA) is 93.5 Å². The molecule has 2 rings (SSSR count). The Morgan fingerprint density at radius 2 is 2.30 bits per heavy atom. The normalized spacial score (nSPS) is 16.5. The van der Waals surface area contributed by atoms with Crippen LogP contribution in [0.5, 0.6) is 5.75 Å². The minimum absolute atomic E-state index is 0.0639. The molecule has 108 valence electrons. The Morgan fingerprint density at radius 1 is 1.60 bits per heavy atom. The Bertz CT molecular complexity index is 572. The van der Waals surface area contributed by atoms with Crippen LogP contribution in [0.4, 0.5) is 11.4 Å². The van der Waals surface area contributed by atoms with E-state index in [2.05, 4.69) is 10.6 Å². The number of fused-ring (bicyclic) bond motifs is 1. The standard InChI is InChI=1S/C13H16ClN3O3/c1-3-13(2,15)12(19)17-8-5-10-9(4-7(8)14)16-11(18)6-20-10/h4-5H,3,6,15H2,1-2H3,(H,16,18)(H,17,19). The number of nitrogens with one attached hydrogen (secondary N) is 2. The number of amides is 2. The Balaban J connectivity index is 2.26. The number of halogens is 1. The van der Waals surface area contributed by atoms with E-state index in [9.17, 15) is 9.59 Å². The zero-order valence-corrected chi connectivity index (χ0v) is 12.0. The number of anilines is 2. The van der Waals surface area contributed by atoms with Gasteiger partial charge in [-0.3, -0.25) is 9.59 Å². The molecule has 0 bridgehead atoms. The predicted octanol–water partition coefficient (Wildman–Crippen LogP) is 1.74. The lowest BCUT2D eigenvalue weighted by Crippen LogP contribution is -2.47. The molecular formula is C13H16ClN3O3. The van der Waals surface area contributed by atoms with Gasteiger partial charge in [0.1, 0.15) is 5.75 Å². The number of ether oxygens (including phenoxy) is 1. The van der Waals surface area contributed by atoms with E-state index in [0.717, 1.165) is 0 Å². The molecule has 2 amide bonds. The van der Waals surface area contributed by atoms with Crippen molar-refractivity contribution in [2.45, 2.75) is 25.8 Å². The predicted molar refractivity (Wildman–Crippen MR) is 77.1 cm³/mol. The molecule has 1 unspecified atom stereocenters. The van der Waals surface area contributed by atoms with E-state index < -0.39 is 5.54 Å². The number of carbonyl (C=O) groups excluding carboxylic acids is 2. The first-order valence-electron chi connectivity index (χ1n) is 6.20. The van der Waals surface area contributed by atoms with Gasteiger partial charge >= 0.3 is 0 Å². The highest BCUT2D eigenvalue weighted by molar-refractivity contribution is 6.34. The van der Waals surface area contributed by atoms with Crippen LogP contribution in [0.25, 0.3) is 0 Å². The van der Waals surface area contributed by atoms with Gasteiger partial charge in [-0.25, -0.2) is 0 Å².